The van der Waals surface area contributed by atoms with Gasteiger partial charge in [-0.05, 0) is 30.4 Å². The first-order chi connectivity index (χ1) is 12.3. The van der Waals surface area contributed by atoms with Crippen molar-refractivity contribution >= 4 is 5.91 Å². The molecule has 3 aliphatic rings. The van der Waals surface area contributed by atoms with Crippen molar-refractivity contribution in [2.45, 2.75) is 43.7 Å². The monoisotopic (exact) mass is 344 g/mol. The Kier molecular flexibility index (Phi) is 5.06. The first-order valence-corrected chi connectivity index (χ1v) is 9.58. The molecule has 1 saturated carbocycles. The summed E-state index contributed by atoms with van der Waals surface area (Å²) < 4.78 is 11.3. The van der Waals surface area contributed by atoms with Gasteiger partial charge in [-0.25, -0.2) is 0 Å². The molecule has 4 rings (SSSR count). The highest BCUT2D eigenvalue weighted by molar-refractivity contribution is 5.83. The summed E-state index contributed by atoms with van der Waals surface area (Å²) in [5, 5.41) is 3.23. The molecule has 0 spiro atoms. The lowest BCUT2D eigenvalue weighted by Crippen LogP contribution is -2.57. The predicted octanol–water partition coefficient (Wildman–Crippen LogP) is 2.06. The molecule has 0 radical (unpaired) electrons. The maximum Gasteiger partial charge on any atom is 0.253 e. The molecule has 2 fully saturated rings. The van der Waals surface area contributed by atoms with Gasteiger partial charge < -0.3 is 14.8 Å². The van der Waals surface area contributed by atoms with Crippen LogP contribution in [0.25, 0.3) is 0 Å². The molecule has 1 aromatic carbocycles. The normalized spacial score (nSPS) is 26.2. The number of carbonyl (C=O) groups excluding carboxylic acids is 1. The third-order valence-electron chi connectivity index (χ3n) is 6.04. The smallest absolute Gasteiger partial charge is 0.253 e. The van der Waals surface area contributed by atoms with E-state index in [1.807, 2.05) is 18.2 Å². The zero-order valence-electron chi connectivity index (χ0n) is 14.8. The molecule has 0 bridgehead atoms. The Hall–Kier alpha value is -1.43. The molecule has 1 N–H and O–H groups in total. The van der Waals surface area contributed by atoms with Crippen LogP contribution in [0.1, 0.15) is 42.9 Å². The Bertz CT molecular complexity index is 607. The van der Waals surface area contributed by atoms with E-state index in [2.05, 4.69) is 16.3 Å². The number of amides is 1. The number of ether oxygens (including phenoxy) is 2. The van der Waals surface area contributed by atoms with Crippen LogP contribution in [0.3, 0.4) is 0 Å². The van der Waals surface area contributed by atoms with Gasteiger partial charge in [-0.15, -0.1) is 0 Å². The van der Waals surface area contributed by atoms with Crippen molar-refractivity contribution in [3.05, 3.63) is 35.4 Å². The second kappa shape index (κ2) is 7.44. The Labute approximate surface area is 149 Å². The molecule has 1 saturated heterocycles. The summed E-state index contributed by atoms with van der Waals surface area (Å²) in [5.41, 5.74) is 2.36. The number of hydrogen-bond donors (Lipinski definition) is 1. The van der Waals surface area contributed by atoms with E-state index in [1.54, 1.807) is 0 Å². The van der Waals surface area contributed by atoms with E-state index >= 15 is 0 Å². The molecule has 1 amide bonds. The van der Waals surface area contributed by atoms with E-state index in [0.29, 0.717) is 13.2 Å². The molecular weight excluding hydrogens is 316 g/mol. The summed E-state index contributed by atoms with van der Waals surface area (Å²) in [6.45, 7) is 4.87. The maximum absolute atomic E-state index is 12.9. The Balaban J connectivity index is 1.44. The summed E-state index contributed by atoms with van der Waals surface area (Å²) in [6, 6.07) is 8.14. The first kappa shape index (κ1) is 17.0. The van der Waals surface area contributed by atoms with Crippen molar-refractivity contribution in [1.82, 2.24) is 10.2 Å². The van der Waals surface area contributed by atoms with Gasteiger partial charge in [0.05, 0.1) is 19.8 Å². The third kappa shape index (κ3) is 3.46. The van der Waals surface area contributed by atoms with E-state index in [0.717, 1.165) is 51.1 Å². The fourth-order valence-corrected chi connectivity index (χ4v) is 4.63. The van der Waals surface area contributed by atoms with Gasteiger partial charge in [-0.2, -0.15) is 0 Å². The minimum Gasteiger partial charge on any atom is -0.379 e. The number of nitrogens with one attached hydrogen (secondary N) is 1. The van der Waals surface area contributed by atoms with Crippen LogP contribution >= 0.6 is 0 Å². The number of nitrogens with zero attached hydrogens (tertiary/aromatic N) is 1. The van der Waals surface area contributed by atoms with Gasteiger partial charge in [-0.1, -0.05) is 37.1 Å². The van der Waals surface area contributed by atoms with Crippen molar-refractivity contribution in [2.24, 2.45) is 0 Å². The number of rotatable bonds is 4. The third-order valence-corrected chi connectivity index (χ3v) is 6.04. The average molecular weight is 344 g/mol. The maximum atomic E-state index is 12.9. The van der Waals surface area contributed by atoms with Crippen LogP contribution < -0.4 is 5.32 Å². The number of hydrogen-bond acceptors (Lipinski definition) is 4. The lowest BCUT2D eigenvalue weighted by atomic mass is 9.93. The number of fused-ring (bicyclic) bond motifs is 1. The van der Waals surface area contributed by atoms with Crippen LogP contribution in [-0.4, -0.2) is 55.8 Å². The van der Waals surface area contributed by atoms with Gasteiger partial charge >= 0.3 is 0 Å². The molecule has 1 aromatic rings. The van der Waals surface area contributed by atoms with Crippen LogP contribution in [0.5, 0.6) is 0 Å². The largest absolute Gasteiger partial charge is 0.379 e. The van der Waals surface area contributed by atoms with Crippen LogP contribution in [0.2, 0.25) is 0 Å². The molecule has 5 nitrogen and oxygen atoms in total. The average Bonchev–Trinajstić information content (AvgIpc) is 3.16. The topological polar surface area (TPSA) is 50.8 Å². The van der Waals surface area contributed by atoms with Crippen molar-refractivity contribution in [1.29, 1.82) is 0 Å². The summed E-state index contributed by atoms with van der Waals surface area (Å²) >= 11 is 0. The lowest BCUT2D eigenvalue weighted by Gasteiger charge is -2.43. The molecular formula is C20H28N2O3. The number of morpholine rings is 1. The van der Waals surface area contributed by atoms with E-state index < -0.39 is 6.10 Å². The van der Waals surface area contributed by atoms with Gasteiger partial charge in [0.2, 0.25) is 0 Å². The fourth-order valence-electron chi connectivity index (χ4n) is 4.63. The predicted molar refractivity (Wildman–Crippen MR) is 95.4 cm³/mol. The second-order valence-electron chi connectivity index (χ2n) is 7.45. The summed E-state index contributed by atoms with van der Waals surface area (Å²) in [7, 11) is 0. The van der Waals surface area contributed by atoms with Crippen LogP contribution in [0.15, 0.2) is 24.3 Å². The van der Waals surface area contributed by atoms with Gasteiger partial charge in [0.1, 0.15) is 0 Å². The van der Waals surface area contributed by atoms with Gasteiger partial charge in [-0.3, -0.25) is 9.69 Å². The zero-order valence-corrected chi connectivity index (χ0v) is 14.8. The van der Waals surface area contributed by atoms with Gasteiger partial charge in [0.15, 0.2) is 6.10 Å². The van der Waals surface area contributed by atoms with E-state index in [9.17, 15) is 4.79 Å². The van der Waals surface area contributed by atoms with Crippen molar-refractivity contribution in [2.75, 3.05) is 39.5 Å². The highest BCUT2D eigenvalue weighted by atomic mass is 16.5. The number of benzene rings is 1. The highest BCUT2D eigenvalue weighted by Crippen LogP contribution is 2.35. The van der Waals surface area contributed by atoms with Gasteiger partial charge in [0.25, 0.3) is 5.91 Å². The Morgan fingerprint density at radius 3 is 2.72 bits per heavy atom. The molecule has 0 aromatic heterocycles. The molecule has 25 heavy (non-hydrogen) atoms. The lowest BCUT2D eigenvalue weighted by molar-refractivity contribution is -0.135. The minimum atomic E-state index is -0.465. The molecule has 2 heterocycles. The van der Waals surface area contributed by atoms with Crippen LogP contribution in [-0.2, 0) is 20.7 Å². The summed E-state index contributed by atoms with van der Waals surface area (Å²) in [5.74, 6) is 0.00619. The highest BCUT2D eigenvalue weighted by Gasteiger charge is 2.41. The first-order valence-electron chi connectivity index (χ1n) is 9.58. The van der Waals surface area contributed by atoms with Crippen molar-refractivity contribution in [3.63, 3.8) is 0 Å². The van der Waals surface area contributed by atoms with Crippen molar-refractivity contribution in [3.8, 4) is 0 Å². The van der Waals surface area contributed by atoms with E-state index in [1.165, 1.54) is 18.4 Å². The molecule has 1 unspecified atom stereocenters. The second-order valence-corrected chi connectivity index (χ2v) is 7.45. The summed E-state index contributed by atoms with van der Waals surface area (Å²) in [6.07, 6.45) is 5.24. The zero-order chi connectivity index (χ0) is 17.1. The van der Waals surface area contributed by atoms with Gasteiger partial charge in [0, 0.05) is 25.2 Å². The molecule has 1 atom stereocenters. The quantitative estimate of drug-likeness (QED) is 0.908. The molecule has 5 heteroatoms. The van der Waals surface area contributed by atoms with Crippen LogP contribution in [0, 0.1) is 0 Å². The summed E-state index contributed by atoms with van der Waals surface area (Å²) in [4.78, 5) is 15.4. The standard InChI is InChI=1S/C20H28N2O3/c23-19(18-17-6-2-1-5-16(17)7-12-25-18)21-15-20(8-3-4-9-20)22-10-13-24-14-11-22/h1-2,5-6,18H,3-4,7-15H2,(H,21,23). The molecule has 136 valence electrons. The molecule has 2 aliphatic heterocycles. The molecule has 1 aliphatic carbocycles. The van der Waals surface area contributed by atoms with Crippen molar-refractivity contribution < 1.29 is 14.3 Å². The fraction of sp³-hybridized carbons (Fsp3) is 0.650. The SMILES string of the molecule is O=C(NCC1(N2CCOCC2)CCCC1)C1OCCc2ccccc21. The Morgan fingerprint density at radius 2 is 1.92 bits per heavy atom. The minimum absolute atomic E-state index is 0.00619. The Morgan fingerprint density at radius 1 is 1.16 bits per heavy atom. The van der Waals surface area contributed by atoms with E-state index in [-0.39, 0.29) is 11.4 Å². The number of carbonyl (C=O) groups is 1. The van der Waals surface area contributed by atoms with E-state index in [4.69, 9.17) is 9.47 Å². The van der Waals surface area contributed by atoms with Crippen LogP contribution in [0.4, 0.5) is 0 Å².